The van der Waals surface area contributed by atoms with Gasteiger partial charge < -0.3 is 10.8 Å². The molecule has 0 aliphatic carbocycles. The zero-order valence-electron chi connectivity index (χ0n) is 20.0. The molecular weight excluding hydrogens is 718 g/mol. The number of rotatable bonds is 4. The lowest BCUT2D eigenvalue weighted by molar-refractivity contribution is -0.386. The van der Waals surface area contributed by atoms with Crippen LogP contribution >= 0.6 is 45.2 Å². The number of nitriles is 3. The number of hydrogen-bond acceptors (Lipinski definition) is 9. The lowest BCUT2D eigenvalue weighted by Crippen LogP contribution is -2.08. The predicted molar refractivity (Wildman–Crippen MR) is 156 cm³/mol. The van der Waals surface area contributed by atoms with Gasteiger partial charge in [-0.2, -0.15) is 15.8 Å². The van der Waals surface area contributed by atoms with Crippen LogP contribution in [0.25, 0.3) is 0 Å². The van der Waals surface area contributed by atoms with Gasteiger partial charge >= 0.3 is 0 Å². The summed E-state index contributed by atoms with van der Waals surface area (Å²) in [6.45, 7) is 3.51. The summed E-state index contributed by atoms with van der Waals surface area (Å²) in [4.78, 5) is 20.1. The second-order valence-corrected chi connectivity index (χ2v) is 10.0. The first kappa shape index (κ1) is 32.2. The van der Waals surface area contributed by atoms with Gasteiger partial charge in [-0.1, -0.05) is 13.8 Å². The number of nitro groups is 2. The number of aliphatic hydroxyl groups is 1. The number of hydrogen-bond donors (Lipinski definition) is 2. The maximum absolute atomic E-state index is 10.8. The Balaban J connectivity index is 0.000000294. The molecular formula is C25H20I2N6O5. The van der Waals surface area contributed by atoms with Crippen LogP contribution in [0.5, 0.6) is 0 Å². The molecule has 3 rings (SSSR count). The third-order valence-electron chi connectivity index (χ3n) is 4.71. The fourth-order valence-electron chi connectivity index (χ4n) is 2.71. The van der Waals surface area contributed by atoms with Crippen molar-refractivity contribution in [3.05, 3.63) is 104 Å². The highest BCUT2D eigenvalue weighted by Gasteiger charge is 2.23. The van der Waals surface area contributed by atoms with Crippen LogP contribution in [0.1, 0.15) is 42.2 Å². The van der Waals surface area contributed by atoms with Crippen LogP contribution in [-0.2, 0) is 0 Å². The van der Waals surface area contributed by atoms with Crippen LogP contribution in [0.15, 0.2) is 54.6 Å². The Hall–Kier alpha value is -3.85. The molecule has 38 heavy (non-hydrogen) atoms. The molecule has 0 heterocycles. The number of benzene rings is 3. The van der Waals surface area contributed by atoms with Gasteiger partial charge in [-0.05, 0) is 93.6 Å². The van der Waals surface area contributed by atoms with E-state index in [9.17, 15) is 25.3 Å². The third-order valence-corrected chi connectivity index (χ3v) is 6.50. The summed E-state index contributed by atoms with van der Waals surface area (Å²) in [5.41, 5.74) is 7.72. The molecule has 3 aromatic carbocycles. The molecule has 0 saturated heterocycles. The molecule has 194 valence electrons. The quantitative estimate of drug-likeness (QED) is 0.140. The van der Waals surface area contributed by atoms with E-state index in [1.165, 1.54) is 36.4 Å². The van der Waals surface area contributed by atoms with Crippen LogP contribution < -0.4 is 5.73 Å². The molecule has 0 aliphatic rings. The van der Waals surface area contributed by atoms with E-state index in [-0.39, 0.29) is 22.9 Å². The summed E-state index contributed by atoms with van der Waals surface area (Å²) < 4.78 is 1.41. The number of anilines is 1. The van der Waals surface area contributed by atoms with Crippen LogP contribution in [0, 0.1) is 67.3 Å². The predicted octanol–water partition coefficient (Wildman–Crippen LogP) is 5.97. The normalized spacial score (nSPS) is 10.3. The molecule has 1 unspecified atom stereocenters. The fourth-order valence-corrected chi connectivity index (χ4v) is 3.94. The van der Waals surface area contributed by atoms with E-state index in [0.29, 0.717) is 20.3 Å². The van der Waals surface area contributed by atoms with Gasteiger partial charge in [0.2, 0.25) is 0 Å². The number of halogens is 2. The Morgan fingerprint density at radius 3 is 1.61 bits per heavy atom. The van der Waals surface area contributed by atoms with Gasteiger partial charge in [-0.3, -0.25) is 20.2 Å². The molecule has 0 amide bonds. The minimum Gasteiger partial charge on any atom is -0.398 e. The van der Waals surface area contributed by atoms with Gasteiger partial charge in [-0.25, -0.2) is 0 Å². The van der Waals surface area contributed by atoms with Crippen molar-refractivity contribution in [1.82, 2.24) is 0 Å². The lowest BCUT2D eigenvalue weighted by atomic mass is 9.96. The monoisotopic (exact) mass is 738 g/mol. The van der Waals surface area contributed by atoms with E-state index in [0.717, 1.165) is 9.26 Å². The number of nitro benzene ring substituents is 2. The molecule has 0 aliphatic heterocycles. The van der Waals surface area contributed by atoms with Crippen molar-refractivity contribution >= 4 is 62.2 Å². The summed E-state index contributed by atoms with van der Waals surface area (Å²) in [6, 6.07) is 19.3. The SMILES string of the molecule is CC(C)C(O)c1cc(C#N)ccc1[N+](=O)[O-].N#Cc1ccc(N)c(I)c1.N#Cc1ccc([N+](=O)[O-])c(I)c1. The number of nitrogens with zero attached hydrogens (tertiary/aromatic N) is 5. The van der Waals surface area contributed by atoms with Crippen molar-refractivity contribution in [2.75, 3.05) is 5.73 Å². The fraction of sp³-hybridized carbons (Fsp3) is 0.160. The molecule has 3 aromatic rings. The van der Waals surface area contributed by atoms with E-state index in [2.05, 4.69) is 22.6 Å². The number of nitrogen functional groups attached to an aromatic ring is 1. The van der Waals surface area contributed by atoms with Crippen molar-refractivity contribution in [3.63, 3.8) is 0 Å². The van der Waals surface area contributed by atoms with Crippen LogP contribution in [-0.4, -0.2) is 15.0 Å². The second kappa shape index (κ2) is 15.4. The zero-order valence-corrected chi connectivity index (χ0v) is 24.3. The largest absolute Gasteiger partial charge is 0.398 e. The van der Waals surface area contributed by atoms with Crippen molar-refractivity contribution < 1.29 is 15.0 Å². The summed E-state index contributed by atoms with van der Waals surface area (Å²) in [5, 5.41) is 56.6. The smallest absolute Gasteiger partial charge is 0.282 e. The van der Waals surface area contributed by atoms with E-state index in [4.69, 9.17) is 21.5 Å². The van der Waals surface area contributed by atoms with Crippen molar-refractivity contribution in [2.45, 2.75) is 20.0 Å². The summed E-state index contributed by atoms with van der Waals surface area (Å²) >= 11 is 3.93. The maximum atomic E-state index is 10.8. The maximum Gasteiger partial charge on any atom is 0.282 e. The van der Waals surface area contributed by atoms with Crippen LogP contribution in [0.3, 0.4) is 0 Å². The Labute approximate surface area is 245 Å². The van der Waals surface area contributed by atoms with E-state index in [1.807, 2.05) is 40.8 Å². The number of aliphatic hydroxyl groups excluding tert-OH is 1. The van der Waals surface area contributed by atoms with Crippen molar-refractivity contribution in [2.24, 2.45) is 5.92 Å². The molecule has 0 radical (unpaired) electrons. The molecule has 0 bridgehead atoms. The number of nitrogens with two attached hydrogens (primary N) is 1. The Morgan fingerprint density at radius 2 is 1.21 bits per heavy atom. The van der Waals surface area contributed by atoms with E-state index in [1.54, 1.807) is 32.0 Å². The van der Waals surface area contributed by atoms with Gasteiger partial charge in [0, 0.05) is 21.4 Å². The van der Waals surface area contributed by atoms with Gasteiger partial charge in [-0.15, -0.1) is 0 Å². The molecule has 1 atom stereocenters. The Kier molecular flexibility index (Phi) is 13.1. The first-order valence-corrected chi connectivity index (χ1v) is 12.7. The van der Waals surface area contributed by atoms with Crippen LogP contribution in [0.4, 0.5) is 17.1 Å². The molecule has 0 spiro atoms. The highest BCUT2D eigenvalue weighted by atomic mass is 127. The topological polar surface area (TPSA) is 204 Å². The molecule has 13 heteroatoms. The average Bonchev–Trinajstić information content (AvgIpc) is 2.89. The molecule has 11 nitrogen and oxygen atoms in total. The first-order chi connectivity index (χ1) is 17.9. The molecule has 0 fully saturated rings. The standard InChI is InChI=1S/C11H12N2O3.C7H3IN2O2.C7H5IN2/c1-7(2)11(14)9-5-8(6-12)3-4-10(9)13(15)16;8-6-3-5(4-9)1-2-7(6)10(11)12;8-6-3-5(4-9)1-2-7(6)10/h3-5,7,11,14H,1-2H3;1-3H;1-3H,10H2. The van der Waals surface area contributed by atoms with Gasteiger partial charge in [0.25, 0.3) is 11.4 Å². The lowest BCUT2D eigenvalue weighted by Gasteiger charge is -2.14. The van der Waals surface area contributed by atoms with Gasteiger partial charge in [0.15, 0.2) is 0 Å². The zero-order chi connectivity index (χ0) is 29.0. The minimum atomic E-state index is -0.936. The highest BCUT2D eigenvalue weighted by Crippen LogP contribution is 2.30. The molecule has 3 N–H and O–H groups in total. The second-order valence-electron chi connectivity index (χ2n) is 7.71. The van der Waals surface area contributed by atoms with Crippen LogP contribution in [0.2, 0.25) is 0 Å². The summed E-state index contributed by atoms with van der Waals surface area (Å²) in [7, 11) is 0. The van der Waals surface area contributed by atoms with Gasteiger partial charge in [0.1, 0.15) is 0 Å². The summed E-state index contributed by atoms with van der Waals surface area (Å²) in [6.07, 6.45) is -0.936. The average molecular weight is 738 g/mol. The summed E-state index contributed by atoms with van der Waals surface area (Å²) in [5.74, 6) is -0.146. The molecule has 0 saturated carbocycles. The van der Waals surface area contributed by atoms with Gasteiger partial charge in [0.05, 0.1) is 60.0 Å². The van der Waals surface area contributed by atoms with E-state index >= 15 is 0 Å². The highest BCUT2D eigenvalue weighted by molar-refractivity contribution is 14.1. The molecule has 0 aromatic heterocycles. The third kappa shape index (κ3) is 9.55. The first-order valence-electron chi connectivity index (χ1n) is 10.5. The minimum absolute atomic E-state index is 0.0367. The Bertz CT molecular complexity index is 1460. The Morgan fingerprint density at radius 1 is 0.789 bits per heavy atom. The van der Waals surface area contributed by atoms with Crippen molar-refractivity contribution in [1.29, 1.82) is 15.8 Å². The van der Waals surface area contributed by atoms with E-state index < -0.39 is 16.0 Å². The van der Waals surface area contributed by atoms with Crippen molar-refractivity contribution in [3.8, 4) is 18.2 Å².